The van der Waals surface area contributed by atoms with Gasteiger partial charge in [0.2, 0.25) is 5.91 Å². The molecule has 0 saturated carbocycles. The number of hydrogen-bond acceptors (Lipinski definition) is 5. The number of aromatic nitrogens is 2. The monoisotopic (exact) mass is 427 g/mol. The molecule has 2 aromatic heterocycles. The summed E-state index contributed by atoms with van der Waals surface area (Å²) in [5, 5.41) is 3.95. The van der Waals surface area contributed by atoms with E-state index < -0.39 is 0 Å². The Kier molecular flexibility index (Phi) is 5.79. The first kappa shape index (κ1) is 20.2. The minimum atomic E-state index is -0.369. The Morgan fingerprint density at radius 2 is 2.00 bits per heavy atom. The first-order valence-electron chi connectivity index (χ1n) is 10.1. The molecule has 1 N–H and O–H groups in total. The zero-order valence-corrected chi connectivity index (χ0v) is 18.6. The molecule has 1 aliphatic rings. The molecule has 1 aliphatic carbocycles. The maximum absolute atomic E-state index is 13.0. The predicted molar refractivity (Wildman–Crippen MR) is 121 cm³/mol. The van der Waals surface area contributed by atoms with Crippen LogP contribution in [-0.2, 0) is 31.1 Å². The highest BCUT2D eigenvalue weighted by Gasteiger charge is 2.23. The number of nitrogens with zero attached hydrogens (tertiary/aromatic N) is 2. The minimum absolute atomic E-state index is 0.000312. The van der Waals surface area contributed by atoms with E-state index in [-0.39, 0.29) is 16.7 Å². The molecule has 1 aromatic carbocycles. The molecule has 152 valence electrons. The second-order valence-corrected chi connectivity index (χ2v) is 9.84. The number of carbonyl (C=O) groups excluding carboxylic acids is 1. The molecule has 0 fully saturated rings. The van der Waals surface area contributed by atoms with Crippen LogP contribution < -0.4 is 10.9 Å². The summed E-state index contributed by atoms with van der Waals surface area (Å²) in [6, 6.07) is 7.88. The van der Waals surface area contributed by atoms with E-state index in [1.54, 1.807) is 23.0 Å². The number of thioether (sulfide) groups is 1. The van der Waals surface area contributed by atoms with E-state index >= 15 is 0 Å². The fraction of sp³-hybridized carbons (Fsp3) is 0.409. The zero-order chi connectivity index (χ0) is 20.5. The zero-order valence-electron chi connectivity index (χ0n) is 16.9. The van der Waals surface area contributed by atoms with Crippen molar-refractivity contribution in [3.8, 4) is 0 Å². The van der Waals surface area contributed by atoms with Crippen LogP contribution in [0.3, 0.4) is 0 Å². The van der Waals surface area contributed by atoms with Crippen molar-refractivity contribution in [1.29, 1.82) is 0 Å². The average molecular weight is 428 g/mol. The molecule has 7 heteroatoms. The average Bonchev–Trinajstić information content (AvgIpc) is 3.10. The van der Waals surface area contributed by atoms with Gasteiger partial charge in [-0.3, -0.25) is 14.2 Å². The molecular formula is C22H25N3O2S2. The molecule has 1 unspecified atom stereocenters. The molecule has 1 atom stereocenters. The Bertz CT molecular complexity index is 1120. The van der Waals surface area contributed by atoms with Crippen LogP contribution >= 0.6 is 23.1 Å². The maximum Gasteiger partial charge on any atom is 0.262 e. The van der Waals surface area contributed by atoms with Gasteiger partial charge in [0.1, 0.15) is 4.83 Å². The molecule has 0 radical (unpaired) electrons. The van der Waals surface area contributed by atoms with Crippen LogP contribution in [0.5, 0.6) is 0 Å². The van der Waals surface area contributed by atoms with Gasteiger partial charge in [-0.1, -0.05) is 30.8 Å². The van der Waals surface area contributed by atoms with Crippen molar-refractivity contribution < 1.29 is 4.79 Å². The lowest BCUT2D eigenvalue weighted by Gasteiger charge is -2.14. The Hall–Kier alpha value is -2.12. The SMILES string of the molecule is CCc1ccc(NC(=O)C(C)Sc2nc3sc4c(c3c(=O)n2C)CCCC4)cc1. The van der Waals surface area contributed by atoms with Crippen molar-refractivity contribution >= 4 is 44.9 Å². The summed E-state index contributed by atoms with van der Waals surface area (Å²) in [6.07, 6.45) is 5.29. The molecule has 2 heterocycles. The predicted octanol–water partition coefficient (Wildman–Crippen LogP) is 4.56. The van der Waals surface area contributed by atoms with E-state index in [0.29, 0.717) is 5.16 Å². The quantitative estimate of drug-likeness (QED) is 0.479. The summed E-state index contributed by atoms with van der Waals surface area (Å²) < 4.78 is 1.59. The topological polar surface area (TPSA) is 64.0 Å². The summed E-state index contributed by atoms with van der Waals surface area (Å²) in [7, 11) is 1.75. The molecule has 29 heavy (non-hydrogen) atoms. The third-order valence-corrected chi connectivity index (χ3v) is 7.77. The van der Waals surface area contributed by atoms with Crippen molar-refractivity contribution in [2.75, 3.05) is 5.32 Å². The van der Waals surface area contributed by atoms with Gasteiger partial charge < -0.3 is 5.32 Å². The van der Waals surface area contributed by atoms with Crippen LogP contribution in [0.1, 0.15) is 42.7 Å². The van der Waals surface area contributed by atoms with Crippen molar-refractivity contribution in [1.82, 2.24) is 9.55 Å². The highest BCUT2D eigenvalue weighted by molar-refractivity contribution is 8.00. The lowest BCUT2D eigenvalue weighted by Crippen LogP contribution is -2.25. The third kappa shape index (κ3) is 3.98. The number of benzene rings is 1. The van der Waals surface area contributed by atoms with Gasteiger partial charge in [-0.15, -0.1) is 11.3 Å². The standard InChI is InChI=1S/C22H25N3O2S2/c1-4-14-9-11-15(12-10-14)23-19(26)13(2)28-22-24-20-18(21(27)25(22)3)16-7-5-6-8-17(16)29-20/h9-13H,4-8H2,1-3H3,(H,23,26). The Morgan fingerprint density at radius 1 is 1.28 bits per heavy atom. The van der Waals surface area contributed by atoms with Gasteiger partial charge in [-0.05, 0) is 62.3 Å². The van der Waals surface area contributed by atoms with E-state index in [2.05, 4.69) is 12.2 Å². The normalized spacial score (nSPS) is 14.6. The summed E-state index contributed by atoms with van der Waals surface area (Å²) in [5.41, 5.74) is 3.21. The van der Waals surface area contributed by atoms with Crippen LogP contribution in [0, 0.1) is 0 Å². The lowest BCUT2D eigenvalue weighted by atomic mass is 9.97. The number of carbonyl (C=O) groups is 1. The first-order chi connectivity index (χ1) is 14.0. The number of amides is 1. The number of anilines is 1. The van der Waals surface area contributed by atoms with Gasteiger partial charge in [0.05, 0.1) is 10.6 Å². The number of fused-ring (bicyclic) bond motifs is 3. The van der Waals surface area contributed by atoms with Gasteiger partial charge >= 0.3 is 0 Å². The van der Waals surface area contributed by atoms with Crippen molar-refractivity contribution in [3.05, 3.63) is 50.6 Å². The van der Waals surface area contributed by atoms with Crippen molar-refractivity contribution in [2.24, 2.45) is 7.05 Å². The fourth-order valence-electron chi connectivity index (χ4n) is 3.65. The Balaban J connectivity index is 1.55. The van der Waals surface area contributed by atoms with Crippen LogP contribution in [0.4, 0.5) is 5.69 Å². The number of aryl methyl sites for hydroxylation is 3. The molecule has 0 bridgehead atoms. The summed E-state index contributed by atoms with van der Waals surface area (Å²) in [6.45, 7) is 3.95. The molecule has 0 saturated heterocycles. The Morgan fingerprint density at radius 3 is 2.72 bits per heavy atom. The van der Waals surface area contributed by atoms with E-state index in [1.165, 1.54) is 34.2 Å². The number of nitrogens with one attached hydrogen (secondary N) is 1. The highest BCUT2D eigenvalue weighted by Crippen LogP contribution is 2.35. The van der Waals surface area contributed by atoms with Gasteiger partial charge in [0.15, 0.2) is 5.16 Å². The molecule has 0 aliphatic heterocycles. The van der Waals surface area contributed by atoms with E-state index in [4.69, 9.17) is 4.98 Å². The largest absolute Gasteiger partial charge is 0.325 e. The highest BCUT2D eigenvalue weighted by atomic mass is 32.2. The second kappa shape index (κ2) is 8.32. The van der Waals surface area contributed by atoms with Crippen LogP contribution in [0.25, 0.3) is 10.2 Å². The van der Waals surface area contributed by atoms with Gasteiger partial charge in [-0.2, -0.15) is 0 Å². The van der Waals surface area contributed by atoms with E-state index in [9.17, 15) is 9.59 Å². The molecule has 4 rings (SSSR count). The van der Waals surface area contributed by atoms with Gasteiger partial charge in [0.25, 0.3) is 5.56 Å². The lowest BCUT2D eigenvalue weighted by molar-refractivity contribution is -0.115. The van der Waals surface area contributed by atoms with E-state index in [1.807, 2.05) is 31.2 Å². The fourth-order valence-corrected chi connectivity index (χ4v) is 5.83. The molecule has 3 aromatic rings. The van der Waals surface area contributed by atoms with Gasteiger partial charge in [0, 0.05) is 17.6 Å². The Labute approximate surface area is 178 Å². The van der Waals surface area contributed by atoms with Gasteiger partial charge in [-0.25, -0.2) is 4.98 Å². The van der Waals surface area contributed by atoms with Crippen LogP contribution in [0.2, 0.25) is 0 Å². The maximum atomic E-state index is 13.0. The molecule has 0 spiro atoms. The summed E-state index contributed by atoms with van der Waals surface area (Å²) in [5.74, 6) is -0.0981. The molecule has 1 amide bonds. The van der Waals surface area contributed by atoms with Crippen molar-refractivity contribution in [2.45, 2.75) is 56.4 Å². The van der Waals surface area contributed by atoms with E-state index in [0.717, 1.165) is 41.6 Å². The molecule has 5 nitrogen and oxygen atoms in total. The second-order valence-electron chi connectivity index (χ2n) is 7.45. The molecular weight excluding hydrogens is 402 g/mol. The number of hydrogen-bond donors (Lipinski definition) is 1. The van der Waals surface area contributed by atoms with Crippen LogP contribution in [-0.4, -0.2) is 20.7 Å². The smallest absolute Gasteiger partial charge is 0.262 e. The number of rotatable bonds is 5. The first-order valence-corrected chi connectivity index (χ1v) is 11.7. The van der Waals surface area contributed by atoms with Crippen LogP contribution in [0.15, 0.2) is 34.2 Å². The van der Waals surface area contributed by atoms with Crippen molar-refractivity contribution in [3.63, 3.8) is 0 Å². The summed E-state index contributed by atoms with van der Waals surface area (Å²) >= 11 is 2.97. The number of thiophene rings is 1. The third-order valence-electron chi connectivity index (χ3n) is 5.44. The summed E-state index contributed by atoms with van der Waals surface area (Å²) in [4.78, 5) is 32.5. The minimum Gasteiger partial charge on any atom is -0.325 e.